The maximum absolute atomic E-state index is 13.8. The Morgan fingerprint density at radius 2 is 1.81 bits per heavy atom. The molecule has 0 spiro atoms. The summed E-state index contributed by atoms with van der Waals surface area (Å²) in [6, 6.07) is 11.5. The lowest BCUT2D eigenvalue weighted by atomic mass is 10.1. The third-order valence-corrected chi connectivity index (χ3v) is 5.19. The molecule has 0 aliphatic rings. The van der Waals surface area contributed by atoms with Crippen molar-refractivity contribution in [2.24, 2.45) is 5.73 Å². The Hall–Kier alpha value is -1.37. The van der Waals surface area contributed by atoms with Gasteiger partial charge in [0.1, 0.15) is 5.82 Å². The molecule has 2 aromatic rings. The van der Waals surface area contributed by atoms with E-state index in [0.29, 0.717) is 18.5 Å². The summed E-state index contributed by atoms with van der Waals surface area (Å²) in [7, 11) is -3.20. The summed E-state index contributed by atoms with van der Waals surface area (Å²) in [6.45, 7) is 0.376. The summed E-state index contributed by atoms with van der Waals surface area (Å²) in [6.07, 6.45) is 1.64. The van der Waals surface area contributed by atoms with Crippen LogP contribution < -0.4 is 5.73 Å². The first-order valence-corrected chi connectivity index (χ1v) is 9.08. The number of halogens is 1. The minimum atomic E-state index is -3.20. The van der Waals surface area contributed by atoms with Crippen molar-refractivity contribution in [3.8, 4) is 0 Å². The van der Waals surface area contributed by atoms with Crippen molar-refractivity contribution in [1.29, 1.82) is 0 Å². The zero-order valence-corrected chi connectivity index (χ0v) is 13.2. The average Bonchev–Trinajstić information content (AvgIpc) is 2.42. The van der Waals surface area contributed by atoms with Gasteiger partial charge >= 0.3 is 0 Å². The minimum absolute atomic E-state index is 0.266. The topological polar surface area (TPSA) is 60.2 Å². The minimum Gasteiger partial charge on any atom is -0.330 e. The van der Waals surface area contributed by atoms with Crippen molar-refractivity contribution in [1.82, 2.24) is 0 Å². The molecule has 0 unspecified atom stereocenters. The van der Waals surface area contributed by atoms with Crippen LogP contribution in [0.15, 0.2) is 57.2 Å². The third-order valence-electron chi connectivity index (χ3n) is 2.95. The van der Waals surface area contributed by atoms with Crippen molar-refractivity contribution in [3.63, 3.8) is 0 Å². The number of sulfone groups is 1. The van der Waals surface area contributed by atoms with E-state index in [1.54, 1.807) is 30.3 Å². The second-order valence-electron chi connectivity index (χ2n) is 4.60. The van der Waals surface area contributed by atoms with Gasteiger partial charge in [-0.3, -0.25) is 0 Å². The van der Waals surface area contributed by atoms with Gasteiger partial charge in [0, 0.05) is 21.6 Å². The van der Waals surface area contributed by atoms with Crippen LogP contribution in [0, 0.1) is 5.82 Å². The van der Waals surface area contributed by atoms with Crippen molar-refractivity contribution >= 4 is 21.6 Å². The van der Waals surface area contributed by atoms with Crippen LogP contribution in [-0.4, -0.2) is 21.2 Å². The van der Waals surface area contributed by atoms with E-state index in [0.717, 1.165) is 9.79 Å². The molecular formula is C15H16FNO2S2. The van der Waals surface area contributed by atoms with Crippen molar-refractivity contribution in [3.05, 3.63) is 53.8 Å². The molecule has 0 bridgehead atoms. The second kappa shape index (κ2) is 6.60. The Balaban J connectivity index is 2.28. The number of nitrogens with two attached hydrogens (primary N) is 1. The summed E-state index contributed by atoms with van der Waals surface area (Å²) < 4.78 is 36.6. The largest absolute Gasteiger partial charge is 0.330 e. The highest BCUT2D eigenvalue weighted by Gasteiger charge is 2.10. The van der Waals surface area contributed by atoms with Gasteiger partial charge in [-0.25, -0.2) is 12.8 Å². The van der Waals surface area contributed by atoms with E-state index in [2.05, 4.69) is 0 Å². The summed E-state index contributed by atoms with van der Waals surface area (Å²) in [5.74, 6) is -0.266. The lowest BCUT2D eigenvalue weighted by molar-refractivity contribution is 0.601. The fourth-order valence-corrected chi connectivity index (χ4v) is 3.53. The van der Waals surface area contributed by atoms with Gasteiger partial charge in [-0.1, -0.05) is 17.8 Å². The lowest BCUT2D eigenvalue weighted by Gasteiger charge is -2.09. The Kier molecular flexibility index (Phi) is 5.03. The summed E-state index contributed by atoms with van der Waals surface area (Å²) in [5, 5.41) is 0. The number of hydrogen-bond donors (Lipinski definition) is 1. The fraction of sp³-hybridized carbons (Fsp3) is 0.200. The highest BCUT2D eigenvalue weighted by Crippen LogP contribution is 2.32. The molecule has 2 N–H and O–H groups in total. The van der Waals surface area contributed by atoms with E-state index in [1.807, 2.05) is 6.07 Å². The molecule has 0 saturated carbocycles. The van der Waals surface area contributed by atoms with Crippen LogP contribution in [0.1, 0.15) is 5.56 Å². The Labute approximate surface area is 128 Å². The normalized spacial score (nSPS) is 11.6. The maximum atomic E-state index is 13.8. The van der Waals surface area contributed by atoms with Crippen LogP contribution in [0.4, 0.5) is 4.39 Å². The van der Waals surface area contributed by atoms with Gasteiger partial charge in [-0.2, -0.15) is 0 Å². The highest BCUT2D eigenvalue weighted by atomic mass is 32.2. The van der Waals surface area contributed by atoms with Crippen molar-refractivity contribution < 1.29 is 12.8 Å². The molecule has 0 atom stereocenters. The molecule has 0 amide bonds. The predicted octanol–water partition coefficient (Wildman–Crippen LogP) is 2.88. The van der Waals surface area contributed by atoms with Gasteiger partial charge in [0.25, 0.3) is 0 Å². The molecule has 0 aliphatic carbocycles. The number of hydrogen-bond acceptors (Lipinski definition) is 4. The standard InChI is InChI=1S/C15H16FNO2S2/c1-21(18,19)12-7-5-11(6-8-12)20-15-4-2-3-14(16)13(15)9-10-17/h2-8H,9-10,17H2,1H3. The summed E-state index contributed by atoms with van der Waals surface area (Å²) in [4.78, 5) is 1.92. The van der Waals surface area contributed by atoms with Crippen LogP contribution in [0.3, 0.4) is 0 Å². The molecule has 21 heavy (non-hydrogen) atoms. The zero-order chi connectivity index (χ0) is 15.5. The summed E-state index contributed by atoms with van der Waals surface area (Å²) in [5.41, 5.74) is 6.11. The molecule has 6 heteroatoms. The van der Waals surface area contributed by atoms with Gasteiger partial charge in [0.15, 0.2) is 9.84 Å². The molecule has 0 heterocycles. The van der Waals surface area contributed by atoms with Crippen LogP contribution in [-0.2, 0) is 16.3 Å². The van der Waals surface area contributed by atoms with E-state index in [4.69, 9.17) is 5.73 Å². The van der Waals surface area contributed by atoms with Gasteiger partial charge < -0.3 is 5.73 Å². The first kappa shape index (κ1) is 16.0. The van der Waals surface area contributed by atoms with Gasteiger partial charge in [0.2, 0.25) is 0 Å². The maximum Gasteiger partial charge on any atom is 0.175 e. The summed E-state index contributed by atoms with van der Waals surface area (Å²) >= 11 is 1.40. The molecule has 3 nitrogen and oxygen atoms in total. The van der Waals surface area contributed by atoms with Crippen LogP contribution in [0.5, 0.6) is 0 Å². The lowest BCUT2D eigenvalue weighted by Crippen LogP contribution is -2.05. The Morgan fingerprint density at radius 3 is 2.38 bits per heavy atom. The van der Waals surface area contributed by atoms with E-state index in [1.165, 1.54) is 24.1 Å². The van der Waals surface area contributed by atoms with Crippen LogP contribution in [0.25, 0.3) is 0 Å². The van der Waals surface area contributed by atoms with Gasteiger partial charge in [-0.15, -0.1) is 0 Å². The second-order valence-corrected chi connectivity index (χ2v) is 7.73. The molecule has 0 aromatic heterocycles. The Bertz CT molecular complexity index is 728. The molecule has 112 valence electrons. The predicted molar refractivity (Wildman–Crippen MR) is 82.8 cm³/mol. The van der Waals surface area contributed by atoms with Crippen molar-refractivity contribution in [2.45, 2.75) is 21.1 Å². The molecule has 2 aromatic carbocycles. The smallest absolute Gasteiger partial charge is 0.175 e. The van der Waals surface area contributed by atoms with Gasteiger partial charge in [-0.05, 0) is 49.4 Å². The van der Waals surface area contributed by atoms with Crippen LogP contribution >= 0.6 is 11.8 Å². The van der Waals surface area contributed by atoms with E-state index in [-0.39, 0.29) is 10.7 Å². The third kappa shape index (κ3) is 4.06. The number of rotatable bonds is 5. The van der Waals surface area contributed by atoms with E-state index >= 15 is 0 Å². The van der Waals surface area contributed by atoms with E-state index < -0.39 is 9.84 Å². The molecule has 0 aliphatic heterocycles. The molecular weight excluding hydrogens is 309 g/mol. The highest BCUT2D eigenvalue weighted by molar-refractivity contribution is 7.99. The molecule has 0 saturated heterocycles. The molecule has 0 fully saturated rings. The zero-order valence-electron chi connectivity index (χ0n) is 11.5. The van der Waals surface area contributed by atoms with Crippen molar-refractivity contribution in [2.75, 3.05) is 12.8 Å². The first-order valence-electron chi connectivity index (χ1n) is 6.37. The molecule has 2 rings (SSSR count). The Morgan fingerprint density at radius 1 is 1.14 bits per heavy atom. The quantitative estimate of drug-likeness (QED) is 0.918. The first-order chi connectivity index (χ1) is 9.91. The monoisotopic (exact) mass is 325 g/mol. The fourth-order valence-electron chi connectivity index (χ4n) is 1.90. The SMILES string of the molecule is CS(=O)(=O)c1ccc(Sc2cccc(F)c2CCN)cc1. The van der Waals surface area contributed by atoms with Gasteiger partial charge in [0.05, 0.1) is 4.90 Å². The number of benzene rings is 2. The van der Waals surface area contributed by atoms with Crippen LogP contribution in [0.2, 0.25) is 0 Å². The average molecular weight is 325 g/mol. The molecule has 0 radical (unpaired) electrons. The van der Waals surface area contributed by atoms with E-state index in [9.17, 15) is 12.8 Å².